The van der Waals surface area contributed by atoms with Crippen molar-refractivity contribution in [2.75, 3.05) is 19.0 Å². The standard InChI is InChI=1S/C30H28N5O7PS/c1-39-21-14-12-20(13-15-21)30(18-8-4-2-5-9-18,19-10-6-3-7-11-19)34-29-32-26-23(27(37)33-29)31-17-35(26)28-24(36)25-22(41-28)16-40-43(38,44)42-25/h2-15,17,22,24-25,28,36H,16H2,1H3,(H,38,44)(H2,32,33,34,37)/t22-,24-,25-,28-,43?/m1/s1. The Kier molecular flexibility index (Phi) is 7.32. The summed E-state index contributed by atoms with van der Waals surface area (Å²) >= 11 is 3.92. The molecule has 44 heavy (non-hydrogen) atoms. The fraction of sp³-hybridized carbons (Fsp3) is 0.233. The summed E-state index contributed by atoms with van der Waals surface area (Å²) in [7, 11) is 1.61. The topological polar surface area (TPSA) is 150 Å². The molecule has 2 fully saturated rings. The number of rotatable bonds is 7. The van der Waals surface area contributed by atoms with Crippen LogP contribution in [0.5, 0.6) is 5.75 Å². The summed E-state index contributed by atoms with van der Waals surface area (Å²) < 4.78 is 35.8. The van der Waals surface area contributed by atoms with Crippen LogP contribution in [0.25, 0.3) is 11.2 Å². The van der Waals surface area contributed by atoms with E-state index in [1.54, 1.807) is 7.11 Å². The number of aromatic nitrogens is 4. The molecule has 2 aliphatic rings. The van der Waals surface area contributed by atoms with Crippen LogP contribution in [0, 0.1) is 0 Å². The molecule has 0 radical (unpaired) electrons. The number of hydrogen-bond acceptors (Lipinski definition) is 10. The molecule has 0 amide bonds. The number of methoxy groups -OCH3 is 1. The van der Waals surface area contributed by atoms with Crippen LogP contribution in [0.3, 0.4) is 0 Å². The first-order valence-corrected chi connectivity index (χ1v) is 16.5. The number of hydrogen-bond donors (Lipinski definition) is 4. The molecule has 226 valence electrons. The minimum atomic E-state index is -3.64. The predicted molar refractivity (Wildman–Crippen MR) is 165 cm³/mol. The molecule has 5 aromatic rings. The van der Waals surface area contributed by atoms with Gasteiger partial charge in [-0.2, -0.15) is 4.98 Å². The van der Waals surface area contributed by atoms with Crippen LogP contribution < -0.4 is 15.6 Å². The number of anilines is 1. The van der Waals surface area contributed by atoms with Crippen molar-refractivity contribution in [3.05, 3.63) is 118 Å². The van der Waals surface area contributed by atoms with Crippen molar-refractivity contribution in [1.29, 1.82) is 0 Å². The quantitative estimate of drug-likeness (QED) is 0.116. The lowest BCUT2D eigenvalue weighted by Crippen LogP contribution is -2.39. The van der Waals surface area contributed by atoms with Crippen molar-refractivity contribution in [2.45, 2.75) is 30.1 Å². The van der Waals surface area contributed by atoms with Crippen LogP contribution in [0.15, 0.2) is 96.1 Å². The summed E-state index contributed by atoms with van der Waals surface area (Å²) in [4.78, 5) is 25.3. The lowest BCUT2D eigenvalue weighted by Gasteiger charge is -2.37. The lowest BCUT2D eigenvalue weighted by atomic mass is 9.77. The number of nitrogens with zero attached hydrogens (tertiary/aromatic N) is 3. The summed E-state index contributed by atoms with van der Waals surface area (Å²) in [5.41, 5.74) is 1.34. The first-order valence-electron chi connectivity index (χ1n) is 13.8. The Hall–Kier alpha value is -3.97. The van der Waals surface area contributed by atoms with Gasteiger partial charge in [-0.1, -0.05) is 85.0 Å². The number of aliphatic hydroxyl groups excluding tert-OH is 1. The van der Waals surface area contributed by atoms with Crippen molar-refractivity contribution in [1.82, 2.24) is 19.5 Å². The Balaban J connectivity index is 1.37. The van der Waals surface area contributed by atoms with Crippen molar-refractivity contribution >= 4 is 36.2 Å². The molecule has 5 atom stereocenters. The minimum absolute atomic E-state index is 0.0488. The monoisotopic (exact) mass is 633 g/mol. The second kappa shape index (κ2) is 11.2. The maximum Gasteiger partial charge on any atom is 0.386 e. The molecule has 3 aromatic carbocycles. The number of fused-ring (bicyclic) bond motifs is 2. The van der Waals surface area contributed by atoms with E-state index in [2.05, 4.69) is 27.5 Å². The zero-order chi connectivity index (χ0) is 30.5. The van der Waals surface area contributed by atoms with Gasteiger partial charge in [-0.3, -0.25) is 23.4 Å². The Labute approximate surface area is 256 Å². The van der Waals surface area contributed by atoms with Crippen molar-refractivity contribution in [3.8, 4) is 5.75 Å². The maximum absolute atomic E-state index is 13.4. The van der Waals surface area contributed by atoms with E-state index in [9.17, 15) is 14.5 Å². The van der Waals surface area contributed by atoms with Gasteiger partial charge < -0.3 is 19.9 Å². The SMILES string of the molecule is COc1ccc(C(Nc2nc3c(ncn3[C@@H]3O[C@@H]4COP(=O)(S)O[C@H]4[C@H]3O)c(=O)[nH]2)(c2ccccc2)c2ccccc2)cc1. The van der Waals surface area contributed by atoms with E-state index in [4.69, 9.17) is 23.5 Å². The third-order valence-corrected chi connectivity index (χ3v) is 9.53. The first kappa shape index (κ1) is 28.8. The van der Waals surface area contributed by atoms with Crippen LogP contribution in [-0.2, 0) is 23.9 Å². The number of aromatic amines is 1. The van der Waals surface area contributed by atoms with Gasteiger partial charge >= 0.3 is 6.80 Å². The summed E-state index contributed by atoms with van der Waals surface area (Å²) in [6, 6.07) is 27.3. The van der Waals surface area contributed by atoms with E-state index in [0.29, 0.717) is 5.75 Å². The number of H-pyrrole nitrogens is 1. The Morgan fingerprint density at radius 1 is 1.05 bits per heavy atom. The molecule has 0 saturated carbocycles. The third-order valence-electron chi connectivity index (χ3n) is 7.92. The number of benzene rings is 3. The molecule has 4 heterocycles. The fourth-order valence-electron chi connectivity index (χ4n) is 5.85. The van der Waals surface area contributed by atoms with Crippen LogP contribution in [0.2, 0.25) is 0 Å². The number of thiol groups is 1. The van der Waals surface area contributed by atoms with Gasteiger partial charge in [-0.25, -0.2) is 9.55 Å². The van der Waals surface area contributed by atoms with Crippen molar-refractivity contribution in [3.63, 3.8) is 0 Å². The highest BCUT2D eigenvalue weighted by molar-refractivity contribution is 8.44. The summed E-state index contributed by atoms with van der Waals surface area (Å²) in [6.45, 7) is -3.72. The van der Waals surface area contributed by atoms with E-state index >= 15 is 0 Å². The van der Waals surface area contributed by atoms with E-state index in [1.165, 1.54) is 10.9 Å². The molecule has 2 saturated heterocycles. The second-order valence-electron chi connectivity index (χ2n) is 10.5. The molecule has 0 spiro atoms. The van der Waals surface area contributed by atoms with Gasteiger partial charge in [0, 0.05) is 0 Å². The first-order chi connectivity index (χ1) is 21.3. The number of nitrogens with one attached hydrogen (secondary N) is 2. The van der Waals surface area contributed by atoms with Crippen LogP contribution in [0.1, 0.15) is 22.9 Å². The van der Waals surface area contributed by atoms with Crippen LogP contribution >= 0.6 is 19.0 Å². The number of imidazole rings is 1. The third kappa shape index (κ3) is 4.91. The molecule has 1 unspecified atom stereocenters. The average molecular weight is 634 g/mol. The van der Waals surface area contributed by atoms with E-state index < -0.39 is 42.4 Å². The number of ether oxygens (including phenoxy) is 2. The smallest absolute Gasteiger partial charge is 0.386 e. The Morgan fingerprint density at radius 2 is 1.68 bits per heavy atom. The molecule has 0 aliphatic carbocycles. The van der Waals surface area contributed by atoms with Crippen LogP contribution in [-0.4, -0.2) is 56.7 Å². The molecule has 12 nitrogen and oxygen atoms in total. The van der Waals surface area contributed by atoms with Gasteiger partial charge in [-0.15, -0.1) is 0 Å². The van der Waals surface area contributed by atoms with Gasteiger partial charge in [0.05, 0.1) is 20.0 Å². The molecule has 2 aliphatic heterocycles. The van der Waals surface area contributed by atoms with Gasteiger partial charge in [0.25, 0.3) is 5.56 Å². The second-order valence-corrected chi connectivity index (χ2v) is 13.3. The van der Waals surface area contributed by atoms with E-state index in [-0.39, 0.29) is 23.7 Å². The van der Waals surface area contributed by atoms with Gasteiger partial charge in [-0.05, 0) is 28.8 Å². The van der Waals surface area contributed by atoms with Crippen molar-refractivity contribution in [2.24, 2.45) is 0 Å². The van der Waals surface area contributed by atoms with Crippen LogP contribution in [0.4, 0.5) is 5.95 Å². The molecule has 14 heteroatoms. The van der Waals surface area contributed by atoms with Gasteiger partial charge in [0.2, 0.25) is 5.95 Å². The molecule has 3 N–H and O–H groups in total. The van der Waals surface area contributed by atoms with Gasteiger partial charge in [0.1, 0.15) is 29.6 Å². The van der Waals surface area contributed by atoms with E-state index in [1.807, 2.05) is 84.9 Å². The zero-order valence-corrected chi connectivity index (χ0v) is 25.1. The normalized spacial score (nSPS) is 25.1. The van der Waals surface area contributed by atoms with Crippen molar-refractivity contribution < 1.29 is 28.2 Å². The van der Waals surface area contributed by atoms with Gasteiger partial charge in [0.15, 0.2) is 17.4 Å². The Morgan fingerprint density at radius 3 is 2.32 bits per heavy atom. The minimum Gasteiger partial charge on any atom is -0.497 e. The molecule has 7 rings (SSSR count). The lowest BCUT2D eigenvalue weighted by molar-refractivity contribution is -0.0561. The highest BCUT2D eigenvalue weighted by Gasteiger charge is 2.52. The summed E-state index contributed by atoms with van der Waals surface area (Å²) in [5.74, 6) is 0.845. The summed E-state index contributed by atoms with van der Waals surface area (Å²) in [5, 5.41) is 14.7. The summed E-state index contributed by atoms with van der Waals surface area (Å²) in [6.07, 6.45) is -2.59. The highest BCUT2D eigenvalue weighted by atomic mass is 32.7. The molecule has 2 aromatic heterocycles. The molecular weight excluding hydrogens is 605 g/mol. The zero-order valence-electron chi connectivity index (χ0n) is 23.3. The molecular formula is C30H28N5O7PS. The predicted octanol–water partition coefficient (Wildman–Crippen LogP) is 4.24. The maximum atomic E-state index is 13.4. The molecule has 0 bridgehead atoms. The fourth-order valence-corrected chi connectivity index (χ4v) is 7.34. The Bertz CT molecular complexity index is 1870. The number of aliphatic hydroxyl groups is 1. The average Bonchev–Trinajstić information content (AvgIpc) is 3.61. The largest absolute Gasteiger partial charge is 0.497 e. The van der Waals surface area contributed by atoms with E-state index in [0.717, 1.165) is 16.7 Å². The highest BCUT2D eigenvalue weighted by Crippen LogP contribution is 2.59.